The van der Waals surface area contributed by atoms with E-state index in [9.17, 15) is 40.9 Å². The summed E-state index contributed by atoms with van der Waals surface area (Å²) in [5.41, 5.74) is 0.238. The number of hydrogen-bond donors (Lipinski definition) is 4. The number of amides is 1. The quantitative estimate of drug-likeness (QED) is 0.0356. The number of hydrogen-bond acceptors (Lipinski definition) is 10. The average molecular weight is 707 g/mol. The van der Waals surface area contributed by atoms with Gasteiger partial charge in [0.2, 0.25) is 5.91 Å². The maximum absolute atomic E-state index is 13.7. The number of fused-ring (bicyclic) bond motifs is 1. The minimum atomic E-state index is -5.15. The van der Waals surface area contributed by atoms with Gasteiger partial charge in [-0.25, -0.2) is 0 Å². The van der Waals surface area contributed by atoms with Crippen molar-refractivity contribution in [1.29, 1.82) is 5.41 Å². The second-order valence-electron chi connectivity index (χ2n) is 10.6. The van der Waals surface area contributed by atoms with E-state index in [1.165, 1.54) is 0 Å². The van der Waals surface area contributed by atoms with Gasteiger partial charge in [-0.2, -0.15) is 21.9 Å². The molecule has 47 heavy (non-hydrogen) atoms. The largest absolute Gasteiger partial charge is 1.00 e. The molecule has 3 rings (SSSR count). The number of carbonyl (C=O) groups is 1. The number of azo groups is 1. The zero-order valence-corrected chi connectivity index (χ0v) is 32.4. The molecule has 244 valence electrons. The van der Waals surface area contributed by atoms with Crippen LogP contribution in [0.15, 0.2) is 62.5 Å². The predicted octanol–water partition coefficient (Wildman–Crippen LogP) is -0.430. The van der Waals surface area contributed by atoms with Gasteiger partial charge >= 0.3 is 59.1 Å². The fraction of sp³-hybridized carbons (Fsp3) is 0.400. The molecule has 0 unspecified atom stereocenters. The first-order valence-corrected chi connectivity index (χ1v) is 17.4. The topological polar surface area (TPSA) is 233 Å². The molecule has 0 saturated carbocycles. The molecule has 0 spiro atoms. The van der Waals surface area contributed by atoms with Gasteiger partial charge in [-0.15, -0.1) is 5.11 Å². The van der Waals surface area contributed by atoms with E-state index in [2.05, 4.69) is 22.5 Å². The van der Waals surface area contributed by atoms with Gasteiger partial charge < -0.3 is 20.9 Å². The van der Waals surface area contributed by atoms with Crippen molar-refractivity contribution in [2.45, 2.75) is 87.3 Å². The first-order chi connectivity index (χ1) is 21.2. The Morgan fingerprint density at radius 1 is 0.830 bits per heavy atom. The molecular weight excluding hydrogens is 670 g/mol. The molecule has 1 amide bonds. The Balaban J connectivity index is 0.00000552. The second-order valence-corrected chi connectivity index (χ2v) is 13.4. The third-order valence-electron chi connectivity index (χ3n) is 7.06. The van der Waals surface area contributed by atoms with Crippen molar-refractivity contribution in [3.63, 3.8) is 0 Å². The Morgan fingerprint density at radius 3 is 2.02 bits per heavy atom. The Morgan fingerprint density at radius 2 is 1.43 bits per heavy atom. The molecule has 0 aliphatic rings. The molecule has 0 radical (unpaired) electrons. The monoisotopic (exact) mass is 706 g/mol. The minimum Gasteiger partial charge on any atom is -0.870 e. The van der Waals surface area contributed by atoms with Crippen LogP contribution in [0.1, 0.15) is 76.7 Å². The molecule has 0 heterocycles. The fourth-order valence-corrected chi connectivity index (χ4v) is 6.09. The molecule has 0 bridgehead atoms. The van der Waals surface area contributed by atoms with Crippen molar-refractivity contribution in [3.05, 3.63) is 48.0 Å². The van der Waals surface area contributed by atoms with Crippen LogP contribution in [0.25, 0.3) is 10.8 Å². The van der Waals surface area contributed by atoms with Crippen LogP contribution in [0.4, 0.5) is 17.1 Å². The number of benzene rings is 3. The van der Waals surface area contributed by atoms with E-state index in [0.29, 0.717) is 25.3 Å². The molecule has 0 fully saturated rings. The summed E-state index contributed by atoms with van der Waals surface area (Å²) in [5, 5.41) is 40.7. The summed E-state index contributed by atoms with van der Waals surface area (Å²) in [4.78, 5) is 10.8. The van der Waals surface area contributed by atoms with E-state index in [0.717, 1.165) is 56.2 Å². The third kappa shape index (κ3) is 13.1. The van der Waals surface area contributed by atoms with Crippen molar-refractivity contribution >= 4 is 59.9 Å². The molecule has 0 saturated heterocycles. The van der Waals surface area contributed by atoms with Gasteiger partial charge in [-0.3, -0.25) is 13.9 Å². The Hall–Kier alpha value is -1.92. The van der Waals surface area contributed by atoms with Crippen LogP contribution >= 0.6 is 0 Å². The van der Waals surface area contributed by atoms with E-state index < -0.39 is 64.0 Å². The molecule has 4 N–H and O–H groups in total. The number of aryl methyl sites for hydroxylation is 1. The first-order valence-electron chi connectivity index (χ1n) is 14.5. The molecule has 0 aliphatic heterocycles. The Kier molecular flexibility index (Phi) is 18.3. The number of nitrogens with one attached hydrogen (secondary N) is 2. The maximum atomic E-state index is 13.7. The molecule has 0 aliphatic carbocycles. The summed E-state index contributed by atoms with van der Waals surface area (Å²) in [5.74, 6) is -2.20. The second kappa shape index (κ2) is 19.9. The molecule has 3 aromatic rings. The normalized spacial score (nSPS) is 11.6. The fourth-order valence-electron chi connectivity index (χ4n) is 4.77. The van der Waals surface area contributed by atoms with Gasteiger partial charge in [-0.1, -0.05) is 56.9 Å². The zero-order chi connectivity index (χ0) is 33.2. The number of nitrogens with zero attached hydrogens (tertiary/aromatic N) is 2. The number of unbranched alkanes of at least 4 members (excludes halogenated alkanes) is 6. The van der Waals surface area contributed by atoms with Crippen LogP contribution in [0.3, 0.4) is 0 Å². The first kappa shape index (κ1) is 43.1. The van der Waals surface area contributed by atoms with Gasteiger partial charge in [0.05, 0.1) is 11.4 Å². The number of anilines is 1. The van der Waals surface area contributed by atoms with E-state index in [1.54, 1.807) is 24.3 Å². The molecule has 13 nitrogen and oxygen atoms in total. The molecule has 17 heteroatoms. The van der Waals surface area contributed by atoms with Gasteiger partial charge in [0.1, 0.15) is 9.79 Å². The van der Waals surface area contributed by atoms with Crippen LogP contribution in [0.5, 0.6) is 5.75 Å². The maximum Gasteiger partial charge on any atom is 1.00 e. The number of rotatable bonds is 17. The number of carbonyl (C=O) groups excluding carboxylic acids is 1. The zero-order valence-electron chi connectivity index (χ0n) is 26.8. The summed E-state index contributed by atoms with van der Waals surface area (Å²) >= 11 is 0. The average Bonchev–Trinajstić information content (AvgIpc) is 2.95. The predicted molar refractivity (Wildman–Crippen MR) is 166 cm³/mol. The summed E-state index contributed by atoms with van der Waals surface area (Å²) in [7, 11) is -10.1. The van der Waals surface area contributed by atoms with E-state index in [4.69, 9.17) is 5.41 Å². The van der Waals surface area contributed by atoms with Crippen molar-refractivity contribution in [3.8, 4) is 5.75 Å². The molecule has 0 aromatic heterocycles. The summed E-state index contributed by atoms with van der Waals surface area (Å²) < 4.78 is 68.6. The molecule has 0 atom stereocenters. The smallest absolute Gasteiger partial charge is 0.870 e. The van der Waals surface area contributed by atoms with Gasteiger partial charge in [0.25, 0.3) is 20.2 Å². The molecule has 3 aromatic carbocycles. The van der Waals surface area contributed by atoms with Gasteiger partial charge in [-0.05, 0) is 73.9 Å². The van der Waals surface area contributed by atoms with E-state index in [-0.39, 0.29) is 83.3 Å². The third-order valence-corrected chi connectivity index (χ3v) is 8.84. The summed E-state index contributed by atoms with van der Waals surface area (Å²) in [6.07, 6.45) is 7.64. The van der Waals surface area contributed by atoms with Crippen molar-refractivity contribution in [2.24, 2.45) is 10.2 Å². The van der Waals surface area contributed by atoms with E-state index in [1.807, 2.05) is 0 Å². The molecular formula is C30H36N4Na2O9S2. The van der Waals surface area contributed by atoms with Crippen LogP contribution in [0.2, 0.25) is 0 Å². The SMILES string of the molecule is CCCCCCCC(=O)Nc1ccc(S(=O)(=O)O)c2cc(S(=O)(=O)O)c(N=Nc3ccc(CCCCCC(=N)[O-])cc3)c([O-])c12.[Na+].[Na+]. The van der Waals surface area contributed by atoms with Crippen molar-refractivity contribution in [1.82, 2.24) is 0 Å². The van der Waals surface area contributed by atoms with Crippen LogP contribution in [-0.4, -0.2) is 37.7 Å². The minimum absolute atomic E-state index is 0. The standard InChI is InChI=1S/C30H38N4O9S2.2Na/c1-2-3-4-5-9-12-27(36)32-23-17-18-24(44(38,39)40)22-19-25(45(41,42)43)29(30(37)28(22)23)34-33-21-15-13-20(14-16-21)10-7-6-8-11-26(31)35;;/h13-19,37H,2-12H2,1H3,(H2,31,35)(H,32,36)(H,38,39,40)(H,41,42,43);;/q;2*+1/p-2. The van der Waals surface area contributed by atoms with Gasteiger partial charge in [0, 0.05) is 22.9 Å². The summed E-state index contributed by atoms with van der Waals surface area (Å²) in [6, 6.07) is 9.38. The van der Waals surface area contributed by atoms with E-state index >= 15 is 0 Å². The van der Waals surface area contributed by atoms with Crippen molar-refractivity contribution in [2.75, 3.05) is 5.32 Å². The van der Waals surface area contributed by atoms with Crippen LogP contribution in [0, 0.1) is 5.41 Å². The Labute approximate surface area is 319 Å². The Bertz CT molecular complexity index is 1790. The van der Waals surface area contributed by atoms with Crippen molar-refractivity contribution < 1.29 is 100 Å². The van der Waals surface area contributed by atoms with Crippen LogP contribution in [-0.2, 0) is 31.5 Å². The summed E-state index contributed by atoms with van der Waals surface area (Å²) in [6.45, 7) is 2.06. The van der Waals surface area contributed by atoms with Crippen LogP contribution < -0.4 is 74.6 Å². The van der Waals surface area contributed by atoms with Gasteiger partial charge in [0.15, 0.2) is 0 Å².